The van der Waals surface area contributed by atoms with Crippen LogP contribution in [0.1, 0.15) is 5.56 Å². The van der Waals surface area contributed by atoms with Crippen molar-refractivity contribution >= 4 is 29.4 Å². The minimum Gasteiger partial charge on any atom is -0.496 e. The molecule has 0 aromatic heterocycles. The molecule has 1 aromatic rings. The van der Waals surface area contributed by atoms with Crippen molar-refractivity contribution in [2.24, 2.45) is 0 Å². The molecule has 2 rings (SSSR count). The Bertz CT molecular complexity index is 482. The summed E-state index contributed by atoms with van der Waals surface area (Å²) in [5.41, 5.74) is 0.764. The maximum atomic E-state index is 11.4. The summed E-state index contributed by atoms with van der Waals surface area (Å²) in [5.74, 6) is 0.509. The minimum absolute atomic E-state index is 0.0751. The van der Waals surface area contributed by atoms with Crippen LogP contribution < -0.4 is 10.1 Å². The Balaban J connectivity index is 2.36. The number of amides is 1. The quantitative estimate of drug-likeness (QED) is 0.623. The van der Waals surface area contributed by atoms with E-state index in [1.165, 1.54) is 0 Å². The molecule has 0 aliphatic carbocycles. The second kappa shape index (κ2) is 4.32. The van der Waals surface area contributed by atoms with Gasteiger partial charge in [-0.25, -0.2) is 0 Å². The lowest BCUT2D eigenvalue weighted by atomic mass is 10.2. The lowest BCUT2D eigenvalue weighted by Gasteiger charge is -2.03. The van der Waals surface area contributed by atoms with E-state index in [0.29, 0.717) is 5.75 Å². The number of benzene rings is 1. The maximum Gasteiger partial charge on any atom is 0.294 e. The number of para-hydroxylation sites is 1. The number of thiocarbonyl (C=S) groups is 1. The van der Waals surface area contributed by atoms with Gasteiger partial charge in [0.1, 0.15) is 5.75 Å². The number of hydrogen-bond acceptors (Lipinski definition) is 4. The highest BCUT2D eigenvalue weighted by Crippen LogP contribution is 2.21. The topological polar surface area (TPSA) is 47.6 Å². The second-order valence-electron chi connectivity index (χ2n) is 3.09. The van der Waals surface area contributed by atoms with Crippen molar-refractivity contribution in [1.82, 2.24) is 5.32 Å². The highest BCUT2D eigenvalue weighted by molar-refractivity contribution is 7.80. The van der Waals surface area contributed by atoms with Gasteiger partial charge in [0.25, 0.3) is 11.1 Å². The number of carbonyl (C=O) groups is 1. The summed E-state index contributed by atoms with van der Waals surface area (Å²) in [6.07, 6.45) is 1.59. The predicted molar refractivity (Wildman–Crippen MR) is 62.8 cm³/mol. The molecule has 1 N–H and O–H groups in total. The summed E-state index contributed by atoms with van der Waals surface area (Å²) >= 11 is 4.72. The smallest absolute Gasteiger partial charge is 0.294 e. The van der Waals surface area contributed by atoms with Crippen LogP contribution in [0.25, 0.3) is 6.08 Å². The number of ether oxygens (including phenoxy) is 2. The van der Waals surface area contributed by atoms with Crippen molar-refractivity contribution in [1.29, 1.82) is 0 Å². The summed E-state index contributed by atoms with van der Waals surface area (Å²) in [4.78, 5) is 11.4. The van der Waals surface area contributed by atoms with Crippen molar-refractivity contribution in [3.63, 3.8) is 0 Å². The molecule has 16 heavy (non-hydrogen) atoms. The van der Waals surface area contributed by atoms with Crippen LogP contribution in [0, 0.1) is 0 Å². The molecule has 4 nitrogen and oxygen atoms in total. The van der Waals surface area contributed by atoms with Crippen molar-refractivity contribution in [2.75, 3.05) is 7.11 Å². The van der Waals surface area contributed by atoms with Gasteiger partial charge in [0, 0.05) is 5.56 Å². The third-order valence-corrected chi connectivity index (χ3v) is 2.25. The van der Waals surface area contributed by atoms with Crippen LogP contribution in [0.2, 0.25) is 0 Å². The lowest BCUT2D eigenvalue weighted by Crippen LogP contribution is -2.18. The van der Waals surface area contributed by atoms with Crippen molar-refractivity contribution in [3.05, 3.63) is 35.6 Å². The van der Waals surface area contributed by atoms with Crippen LogP contribution in [0.15, 0.2) is 30.0 Å². The number of nitrogens with one attached hydrogen (secondary N) is 1. The molecule has 0 bridgehead atoms. The molecule has 0 unspecified atom stereocenters. The van der Waals surface area contributed by atoms with E-state index in [0.717, 1.165) is 5.56 Å². The first kappa shape index (κ1) is 10.6. The van der Waals surface area contributed by atoms with Gasteiger partial charge in [-0.2, -0.15) is 0 Å². The van der Waals surface area contributed by atoms with E-state index >= 15 is 0 Å². The van der Waals surface area contributed by atoms with E-state index in [1.54, 1.807) is 19.3 Å². The molecule has 1 heterocycles. The highest BCUT2D eigenvalue weighted by atomic mass is 32.1. The molecule has 82 valence electrons. The molecule has 0 radical (unpaired) electrons. The molecule has 1 saturated heterocycles. The van der Waals surface area contributed by atoms with Gasteiger partial charge in [0.05, 0.1) is 7.11 Å². The first-order chi connectivity index (χ1) is 7.70. The van der Waals surface area contributed by atoms with Crippen LogP contribution in [0.3, 0.4) is 0 Å². The van der Waals surface area contributed by atoms with Crippen LogP contribution in [-0.4, -0.2) is 18.2 Å². The summed E-state index contributed by atoms with van der Waals surface area (Å²) in [5, 5.41) is 2.46. The number of hydrogen-bond donors (Lipinski definition) is 1. The van der Waals surface area contributed by atoms with Gasteiger partial charge < -0.3 is 9.47 Å². The second-order valence-corrected chi connectivity index (χ2v) is 3.46. The van der Waals surface area contributed by atoms with E-state index in [1.807, 2.05) is 18.2 Å². The van der Waals surface area contributed by atoms with Gasteiger partial charge in [-0.1, -0.05) is 18.2 Å². The summed E-state index contributed by atoms with van der Waals surface area (Å²) in [6.45, 7) is 0. The lowest BCUT2D eigenvalue weighted by molar-refractivity contribution is -0.116. The molecular formula is C11H9NO3S. The molecule has 1 fully saturated rings. The molecule has 1 aliphatic rings. The zero-order valence-electron chi connectivity index (χ0n) is 8.52. The standard InChI is InChI=1S/C11H9NO3S/c1-14-8-5-3-2-4-7(8)6-9-10(13)12-11(16)15-9/h2-6H,1H3,(H,12,13,16)/b9-6+. The van der Waals surface area contributed by atoms with Crippen LogP contribution in [0.4, 0.5) is 0 Å². The average Bonchev–Trinajstić information content (AvgIpc) is 2.58. The van der Waals surface area contributed by atoms with Gasteiger partial charge in [-0.3, -0.25) is 10.1 Å². The zero-order valence-corrected chi connectivity index (χ0v) is 9.34. The number of methoxy groups -OCH3 is 1. The Morgan fingerprint density at radius 2 is 2.19 bits per heavy atom. The molecule has 0 spiro atoms. The van der Waals surface area contributed by atoms with Crippen molar-refractivity contribution in [2.45, 2.75) is 0 Å². The Hall–Kier alpha value is -1.88. The SMILES string of the molecule is COc1ccccc1/C=C1/OC(=S)NC1=O. The number of rotatable bonds is 2. The molecule has 5 heteroatoms. The normalized spacial score (nSPS) is 17.2. The van der Waals surface area contributed by atoms with Crippen molar-refractivity contribution in [3.8, 4) is 5.75 Å². The van der Waals surface area contributed by atoms with E-state index in [-0.39, 0.29) is 16.8 Å². The fraction of sp³-hybridized carbons (Fsp3) is 0.0909. The van der Waals surface area contributed by atoms with Crippen LogP contribution >= 0.6 is 12.2 Å². The molecule has 0 saturated carbocycles. The van der Waals surface area contributed by atoms with Crippen LogP contribution in [0.5, 0.6) is 5.75 Å². The van der Waals surface area contributed by atoms with Crippen molar-refractivity contribution < 1.29 is 14.3 Å². The van der Waals surface area contributed by atoms with Gasteiger partial charge >= 0.3 is 0 Å². The number of carbonyl (C=O) groups excluding carboxylic acids is 1. The minimum atomic E-state index is -0.337. The third kappa shape index (κ3) is 2.04. The molecule has 1 aromatic carbocycles. The molecular weight excluding hydrogens is 226 g/mol. The summed E-state index contributed by atoms with van der Waals surface area (Å²) < 4.78 is 10.2. The largest absolute Gasteiger partial charge is 0.496 e. The van der Waals surface area contributed by atoms with Crippen LogP contribution in [-0.2, 0) is 9.53 Å². The van der Waals surface area contributed by atoms with E-state index in [4.69, 9.17) is 21.7 Å². The fourth-order valence-corrected chi connectivity index (χ4v) is 1.53. The van der Waals surface area contributed by atoms with Gasteiger partial charge in [-0.05, 0) is 24.4 Å². The Labute approximate surface area is 97.9 Å². The third-order valence-electron chi connectivity index (χ3n) is 2.07. The Morgan fingerprint density at radius 3 is 2.81 bits per heavy atom. The van der Waals surface area contributed by atoms with Gasteiger partial charge in [0.15, 0.2) is 5.76 Å². The first-order valence-corrected chi connectivity index (χ1v) is 4.99. The monoisotopic (exact) mass is 235 g/mol. The van der Waals surface area contributed by atoms with E-state index in [2.05, 4.69) is 5.32 Å². The summed E-state index contributed by atoms with van der Waals surface area (Å²) in [7, 11) is 1.57. The maximum absolute atomic E-state index is 11.4. The molecule has 0 atom stereocenters. The van der Waals surface area contributed by atoms with Gasteiger partial charge in [0.2, 0.25) is 0 Å². The molecule has 1 aliphatic heterocycles. The highest BCUT2D eigenvalue weighted by Gasteiger charge is 2.23. The Kier molecular flexibility index (Phi) is 2.87. The summed E-state index contributed by atoms with van der Waals surface area (Å²) in [6, 6.07) is 7.32. The molecule has 1 amide bonds. The zero-order chi connectivity index (χ0) is 11.5. The first-order valence-electron chi connectivity index (χ1n) is 4.58. The fourth-order valence-electron chi connectivity index (χ4n) is 1.35. The Morgan fingerprint density at radius 1 is 1.44 bits per heavy atom. The average molecular weight is 235 g/mol. The van der Waals surface area contributed by atoms with E-state index < -0.39 is 0 Å². The van der Waals surface area contributed by atoms with E-state index in [9.17, 15) is 4.79 Å². The van der Waals surface area contributed by atoms with Gasteiger partial charge in [-0.15, -0.1) is 0 Å². The predicted octanol–water partition coefficient (Wildman–Crippen LogP) is 1.47.